The Hall–Kier alpha value is -5.52. The van der Waals surface area contributed by atoms with E-state index in [0.29, 0.717) is 44.8 Å². The van der Waals surface area contributed by atoms with Crippen LogP contribution in [0.1, 0.15) is 69.1 Å². The van der Waals surface area contributed by atoms with Crippen LogP contribution in [0.2, 0.25) is 0 Å². The van der Waals surface area contributed by atoms with Gasteiger partial charge >= 0.3 is 23.9 Å². The van der Waals surface area contributed by atoms with Gasteiger partial charge in [-0.25, -0.2) is 29.1 Å². The number of carbonyl (C=O) groups excluding carboxylic acids is 4. The molecule has 0 saturated heterocycles. The molecule has 226 valence electrons. The van der Waals surface area contributed by atoms with Crippen LogP contribution in [0.4, 0.5) is 0 Å². The summed E-state index contributed by atoms with van der Waals surface area (Å²) in [5.41, 5.74) is 4.25. The van der Waals surface area contributed by atoms with E-state index in [4.69, 9.17) is 18.9 Å². The van der Waals surface area contributed by atoms with Crippen molar-refractivity contribution in [1.29, 1.82) is 0 Å². The summed E-state index contributed by atoms with van der Waals surface area (Å²) in [6.07, 6.45) is 0. The topological polar surface area (TPSA) is 163 Å². The first-order valence-electron chi connectivity index (χ1n) is 14.1. The second-order valence-electron chi connectivity index (χ2n) is 9.54. The lowest BCUT2D eigenvalue weighted by Crippen LogP contribution is -2.09. The van der Waals surface area contributed by atoms with Gasteiger partial charge in [0.2, 0.25) is 0 Å². The van der Waals surface area contributed by atoms with E-state index in [1.54, 1.807) is 58.0 Å². The van der Waals surface area contributed by atoms with E-state index in [2.05, 4.69) is 19.9 Å². The molecule has 0 amide bonds. The zero-order valence-corrected chi connectivity index (χ0v) is 24.6. The summed E-state index contributed by atoms with van der Waals surface area (Å²) in [6, 6.07) is 12.8. The van der Waals surface area contributed by atoms with Crippen molar-refractivity contribution in [2.24, 2.45) is 0 Å². The fourth-order valence-electron chi connectivity index (χ4n) is 4.65. The van der Waals surface area contributed by atoms with Crippen molar-refractivity contribution in [3.63, 3.8) is 0 Å². The van der Waals surface area contributed by atoms with Crippen LogP contribution in [0.5, 0.6) is 0 Å². The molecule has 0 radical (unpaired) electrons. The van der Waals surface area contributed by atoms with Crippen molar-refractivity contribution in [1.82, 2.24) is 19.9 Å². The summed E-state index contributed by atoms with van der Waals surface area (Å²) in [5.74, 6) is -1.44. The summed E-state index contributed by atoms with van der Waals surface area (Å²) in [7, 11) is 0. The van der Waals surface area contributed by atoms with Gasteiger partial charge in [0.1, 0.15) is 11.6 Å². The first kappa shape index (κ1) is 30.0. The number of aromatic amines is 2. The third kappa shape index (κ3) is 6.14. The van der Waals surface area contributed by atoms with Crippen molar-refractivity contribution >= 4 is 45.9 Å². The predicted molar refractivity (Wildman–Crippen MR) is 160 cm³/mol. The molecule has 2 heterocycles. The molecule has 2 aromatic heterocycles. The number of esters is 4. The van der Waals surface area contributed by atoms with E-state index in [1.165, 1.54) is 12.1 Å². The fourth-order valence-corrected chi connectivity index (χ4v) is 4.65. The Morgan fingerprint density at radius 2 is 0.818 bits per heavy atom. The van der Waals surface area contributed by atoms with Crippen LogP contribution >= 0.6 is 0 Å². The molecule has 44 heavy (non-hydrogen) atoms. The van der Waals surface area contributed by atoms with E-state index in [-0.39, 0.29) is 48.7 Å². The minimum atomic E-state index is -0.570. The number of aromatic nitrogens is 4. The Kier molecular flexibility index (Phi) is 8.70. The van der Waals surface area contributed by atoms with E-state index >= 15 is 0 Å². The van der Waals surface area contributed by atoms with Crippen LogP contribution in [0.15, 0.2) is 48.5 Å². The molecule has 5 aromatic rings. The van der Waals surface area contributed by atoms with Crippen LogP contribution in [0, 0.1) is 0 Å². The number of imidazole rings is 2. The van der Waals surface area contributed by atoms with Gasteiger partial charge in [-0.1, -0.05) is 0 Å². The third-order valence-electron chi connectivity index (χ3n) is 6.54. The molecular formula is C32H30N4O8. The molecule has 0 spiro atoms. The summed E-state index contributed by atoms with van der Waals surface area (Å²) in [6.45, 7) is 7.52. The largest absolute Gasteiger partial charge is 0.462 e. The second kappa shape index (κ2) is 12.8. The highest BCUT2D eigenvalue weighted by atomic mass is 16.5. The highest BCUT2D eigenvalue weighted by molar-refractivity contribution is 6.00. The predicted octanol–water partition coefficient (Wildman–Crippen LogP) is 5.48. The molecule has 5 rings (SSSR count). The zero-order chi connectivity index (χ0) is 31.4. The molecule has 0 aliphatic carbocycles. The molecule has 0 bridgehead atoms. The van der Waals surface area contributed by atoms with Crippen LogP contribution in [-0.4, -0.2) is 70.2 Å². The van der Waals surface area contributed by atoms with E-state index in [9.17, 15) is 19.2 Å². The van der Waals surface area contributed by atoms with E-state index in [1.807, 2.05) is 6.07 Å². The molecular weight excluding hydrogens is 568 g/mol. The van der Waals surface area contributed by atoms with Gasteiger partial charge in [0.05, 0.1) is 70.7 Å². The number of benzene rings is 3. The average Bonchev–Trinajstić information content (AvgIpc) is 3.63. The van der Waals surface area contributed by atoms with Gasteiger partial charge in [-0.3, -0.25) is 0 Å². The zero-order valence-electron chi connectivity index (χ0n) is 24.6. The number of nitrogens with zero attached hydrogens (tertiary/aromatic N) is 2. The van der Waals surface area contributed by atoms with Crippen molar-refractivity contribution in [2.75, 3.05) is 26.4 Å². The molecule has 0 saturated carbocycles. The number of fused-ring (bicyclic) bond motifs is 2. The Morgan fingerprint density at radius 1 is 0.500 bits per heavy atom. The van der Waals surface area contributed by atoms with E-state index < -0.39 is 23.9 Å². The van der Waals surface area contributed by atoms with Gasteiger partial charge in [-0.05, 0) is 76.2 Å². The summed E-state index contributed by atoms with van der Waals surface area (Å²) in [5, 5.41) is 0. The SMILES string of the molecule is CCOC(=O)c1cc(C(=O)OCC)cc(-c2nc3cc4nc(-c5cc(C(=O)OCC)cc(C(=O)OCC)c5)[nH]c4cc3[nH]2)c1. The lowest BCUT2D eigenvalue weighted by atomic mass is 10.0. The van der Waals surface area contributed by atoms with Crippen molar-refractivity contribution in [3.05, 3.63) is 70.8 Å². The number of H-pyrrole nitrogens is 2. The van der Waals surface area contributed by atoms with Gasteiger partial charge < -0.3 is 28.9 Å². The Bertz CT molecular complexity index is 1650. The monoisotopic (exact) mass is 598 g/mol. The maximum absolute atomic E-state index is 12.5. The van der Waals surface area contributed by atoms with Gasteiger partial charge in [-0.2, -0.15) is 0 Å². The Balaban J connectivity index is 1.55. The molecule has 12 heteroatoms. The number of carbonyl (C=O) groups is 4. The minimum absolute atomic E-state index is 0.181. The summed E-state index contributed by atoms with van der Waals surface area (Å²) < 4.78 is 20.6. The molecule has 0 unspecified atom stereocenters. The minimum Gasteiger partial charge on any atom is -0.462 e. The number of nitrogens with one attached hydrogen (secondary N) is 2. The van der Waals surface area contributed by atoms with Crippen molar-refractivity contribution < 1.29 is 38.1 Å². The second-order valence-corrected chi connectivity index (χ2v) is 9.54. The third-order valence-corrected chi connectivity index (χ3v) is 6.54. The first-order valence-corrected chi connectivity index (χ1v) is 14.1. The number of hydrogen-bond donors (Lipinski definition) is 2. The molecule has 2 N–H and O–H groups in total. The lowest BCUT2D eigenvalue weighted by molar-refractivity contribution is 0.0506. The molecule has 3 aromatic carbocycles. The Morgan fingerprint density at radius 3 is 1.11 bits per heavy atom. The van der Waals surface area contributed by atoms with Crippen LogP contribution in [0.25, 0.3) is 44.8 Å². The van der Waals surface area contributed by atoms with Crippen LogP contribution in [0.3, 0.4) is 0 Å². The standard InChI is InChI=1S/C32H30N4O8/c1-5-41-29(37)19-9-17(10-20(13-19)30(38)42-6-2)27-33-23-15-25-26(16-24(23)34-27)36-28(35-25)18-11-21(31(39)43-7-3)14-22(12-18)32(40)44-8-4/h9-16H,5-8H2,1-4H3,(H,33,34)(H,35,36). The van der Waals surface area contributed by atoms with Gasteiger partial charge in [-0.15, -0.1) is 0 Å². The molecule has 12 nitrogen and oxygen atoms in total. The highest BCUT2D eigenvalue weighted by Crippen LogP contribution is 2.29. The summed E-state index contributed by atoms with van der Waals surface area (Å²) >= 11 is 0. The normalized spacial score (nSPS) is 11.0. The van der Waals surface area contributed by atoms with Gasteiger partial charge in [0.15, 0.2) is 0 Å². The fraction of sp³-hybridized carbons (Fsp3) is 0.250. The van der Waals surface area contributed by atoms with Crippen LogP contribution in [-0.2, 0) is 18.9 Å². The van der Waals surface area contributed by atoms with Gasteiger partial charge in [0.25, 0.3) is 0 Å². The molecule has 0 atom stereocenters. The smallest absolute Gasteiger partial charge is 0.338 e. The number of ether oxygens (including phenoxy) is 4. The number of hydrogen-bond acceptors (Lipinski definition) is 10. The quantitative estimate of drug-likeness (QED) is 0.155. The van der Waals surface area contributed by atoms with Gasteiger partial charge in [0, 0.05) is 11.1 Å². The molecule has 0 aliphatic rings. The first-order chi connectivity index (χ1) is 21.2. The number of rotatable bonds is 10. The average molecular weight is 599 g/mol. The van der Waals surface area contributed by atoms with E-state index in [0.717, 1.165) is 0 Å². The van der Waals surface area contributed by atoms with Crippen molar-refractivity contribution in [3.8, 4) is 22.8 Å². The Labute approximate surface area is 251 Å². The maximum atomic E-state index is 12.5. The maximum Gasteiger partial charge on any atom is 0.338 e. The summed E-state index contributed by atoms with van der Waals surface area (Å²) in [4.78, 5) is 65.9. The van der Waals surface area contributed by atoms with Crippen LogP contribution < -0.4 is 0 Å². The molecule has 0 aliphatic heterocycles. The lowest BCUT2D eigenvalue weighted by Gasteiger charge is -2.08. The highest BCUT2D eigenvalue weighted by Gasteiger charge is 2.20. The molecule has 0 fully saturated rings. The van der Waals surface area contributed by atoms with Crippen molar-refractivity contribution in [2.45, 2.75) is 27.7 Å².